The first kappa shape index (κ1) is 22.2. The SMILES string of the molecule is Cc1ccnn1-c1ccc(C(=O)Nc2ccc(S(=O)(=O)NC3CCS(=O)(=O)C3)cc2)cc1. The van der Waals surface area contributed by atoms with E-state index in [1.807, 2.05) is 13.0 Å². The van der Waals surface area contributed by atoms with E-state index in [1.54, 1.807) is 35.1 Å². The van der Waals surface area contributed by atoms with E-state index in [1.165, 1.54) is 24.3 Å². The highest BCUT2D eigenvalue weighted by Gasteiger charge is 2.31. The summed E-state index contributed by atoms with van der Waals surface area (Å²) < 4.78 is 52.3. The number of nitrogens with one attached hydrogen (secondary N) is 2. The lowest BCUT2D eigenvalue weighted by Crippen LogP contribution is -2.35. The largest absolute Gasteiger partial charge is 0.322 e. The topological polar surface area (TPSA) is 127 Å². The van der Waals surface area contributed by atoms with Crippen LogP contribution in [0.5, 0.6) is 0 Å². The Kier molecular flexibility index (Phi) is 5.89. The third kappa shape index (κ3) is 4.90. The summed E-state index contributed by atoms with van der Waals surface area (Å²) in [5, 5.41) is 6.96. The van der Waals surface area contributed by atoms with Gasteiger partial charge in [0, 0.05) is 29.2 Å². The molecule has 1 atom stereocenters. The van der Waals surface area contributed by atoms with Crippen molar-refractivity contribution in [3.63, 3.8) is 0 Å². The van der Waals surface area contributed by atoms with Gasteiger partial charge in [0.05, 0.1) is 22.1 Å². The van der Waals surface area contributed by atoms with Gasteiger partial charge in [-0.3, -0.25) is 4.79 Å². The fourth-order valence-corrected chi connectivity index (χ4v) is 6.54. The summed E-state index contributed by atoms with van der Waals surface area (Å²) in [6, 6.07) is 13.9. The van der Waals surface area contributed by atoms with Crippen LogP contribution in [0.1, 0.15) is 22.5 Å². The second-order valence-electron chi connectivity index (χ2n) is 7.63. The van der Waals surface area contributed by atoms with Gasteiger partial charge < -0.3 is 5.32 Å². The summed E-state index contributed by atoms with van der Waals surface area (Å²) in [6.45, 7) is 1.93. The van der Waals surface area contributed by atoms with E-state index in [2.05, 4.69) is 15.1 Å². The fraction of sp³-hybridized carbons (Fsp3) is 0.238. The predicted octanol–water partition coefficient (Wildman–Crippen LogP) is 1.90. The molecule has 0 bridgehead atoms. The quantitative estimate of drug-likeness (QED) is 0.562. The first-order chi connectivity index (χ1) is 15.1. The van der Waals surface area contributed by atoms with Gasteiger partial charge in [0.2, 0.25) is 10.0 Å². The van der Waals surface area contributed by atoms with Gasteiger partial charge in [0.15, 0.2) is 9.84 Å². The molecule has 2 heterocycles. The Bertz CT molecular complexity index is 1350. The molecule has 32 heavy (non-hydrogen) atoms. The number of carbonyl (C=O) groups is 1. The van der Waals surface area contributed by atoms with Gasteiger partial charge in [0.25, 0.3) is 5.91 Å². The first-order valence-corrected chi connectivity index (χ1v) is 13.2. The maximum absolute atomic E-state index is 12.5. The van der Waals surface area contributed by atoms with Crippen LogP contribution in [0.4, 0.5) is 5.69 Å². The van der Waals surface area contributed by atoms with Gasteiger partial charge in [-0.2, -0.15) is 5.10 Å². The average Bonchev–Trinajstić information content (AvgIpc) is 3.32. The Morgan fingerprint density at radius 3 is 2.31 bits per heavy atom. The number of hydrogen-bond acceptors (Lipinski definition) is 6. The van der Waals surface area contributed by atoms with E-state index in [9.17, 15) is 21.6 Å². The van der Waals surface area contributed by atoms with Crippen LogP contribution in [-0.2, 0) is 19.9 Å². The minimum absolute atomic E-state index is 0.00116. The molecule has 2 aromatic carbocycles. The van der Waals surface area contributed by atoms with Crippen LogP contribution in [0.3, 0.4) is 0 Å². The molecule has 1 aliphatic heterocycles. The van der Waals surface area contributed by atoms with Crippen molar-refractivity contribution in [1.29, 1.82) is 0 Å². The van der Waals surface area contributed by atoms with E-state index < -0.39 is 25.9 Å². The number of anilines is 1. The summed E-state index contributed by atoms with van der Waals surface area (Å²) >= 11 is 0. The minimum Gasteiger partial charge on any atom is -0.322 e. The monoisotopic (exact) mass is 474 g/mol. The number of nitrogens with zero attached hydrogens (tertiary/aromatic N) is 2. The Morgan fingerprint density at radius 2 is 1.75 bits per heavy atom. The molecule has 2 N–H and O–H groups in total. The zero-order valence-electron chi connectivity index (χ0n) is 17.2. The van der Waals surface area contributed by atoms with Crippen LogP contribution in [-0.4, -0.2) is 50.1 Å². The zero-order valence-corrected chi connectivity index (χ0v) is 18.9. The lowest BCUT2D eigenvalue weighted by Gasteiger charge is -2.12. The highest BCUT2D eigenvalue weighted by molar-refractivity contribution is 7.92. The third-order valence-corrected chi connectivity index (χ3v) is 8.49. The van der Waals surface area contributed by atoms with Crippen LogP contribution in [0, 0.1) is 6.92 Å². The minimum atomic E-state index is -3.86. The molecule has 11 heteroatoms. The van der Waals surface area contributed by atoms with Crippen molar-refractivity contribution in [3.8, 4) is 5.69 Å². The smallest absolute Gasteiger partial charge is 0.255 e. The van der Waals surface area contributed by atoms with E-state index >= 15 is 0 Å². The molecule has 3 aromatic rings. The summed E-state index contributed by atoms with van der Waals surface area (Å²) in [5.41, 5.74) is 2.69. The number of sulfone groups is 1. The highest BCUT2D eigenvalue weighted by Crippen LogP contribution is 2.19. The van der Waals surface area contributed by atoms with Gasteiger partial charge in [0.1, 0.15) is 0 Å². The molecule has 0 saturated carbocycles. The predicted molar refractivity (Wildman–Crippen MR) is 120 cm³/mol. The van der Waals surface area contributed by atoms with Crippen molar-refractivity contribution in [2.75, 3.05) is 16.8 Å². The summed E-state index contributed by atoms with van der Waals surface area (Å²) in [7, 11) is -7.05. The molecule has 1 aliphatic rings. The summed E-state index contributed by atoms with van der Waals surface area (Å²) in [5.74, 6) is -0.550. The number of carbonyl (C=O) groups excluding carboxylic acids is 1. The molecule has 168 valence electrons. The van der Waals surface area contributed by atoms with E-state index in [-0.39, 0.29) is 28.7 Å². The van der Waals surface area contributed by atoms with Crippen molar-refractivity contribution in [1.82, 2.24) is 14.5 Å². The molecule has 1 fully saturated rings. The maximum atomic E-state index is 12.5. The summed E-state index contributed by atoms with van der Waals surface area (Å²) in [4.78, 5) is 12.5. The average molecular weight is 475 g/mol. The first-order valence-electron chi connectivity index (χ1n) is 9.88. The number of aryl methyl sites for hydroxylation is 1. The maximum Gasteiger partial charge on any atom is 0.255 e. The Balaban J connectivity index is 1.41. The van der Waals surface area contributed by atoms with E-state index in [4.69, 9.17) is 0 Å². The number of sulfonamides is 1. The number of hydrogen-bond donors (Lipinski definition) is 2. The number of benzene rings is 2. The zero-order chi connectivity index (χ0) is 22.9. The van der Waals surface area contributed by atoms with E-state index in [0.717, 1.165) is 11.4 Å². The Hall–Kier alpha value is -3.02. The van der Waals surface area contributed by atoms with Gasteiger partial charge in [-0.05, 0) is 67.9 Å². The van der Waals surface area contributed by atoms with Crippen LogP contribution in [0.2, 0.25) is 0 Å². The molecular formula is C21H22N4O5S2. The Labute approximate surface area is 186 Å². The fourth-order valence-electron chi connectivity index (χ4n) is 3.49. The second-order valence-corrected chi connectivity index (χ2v) is 11.6. The second kappa shape index (κ2) is 8.49. The normalized spacial score (nSPS) is 17.8. The highest BCUT2D eigenvalue weighted by atomic mass is 32.2. The molecular weight excluding hydrogens is 452 g/mol. The number of amides is 1. The van der Waals surface area contributed by atoms with Gasteiger partial charge in [-0.1, -0.05) is 0 Å². The molecule has 1 amide bonds. The number of aromatic nitrogens is 2. The molecule has 1 saturated heterocycles. The molecule has 1 unspecified atom stereocenters. The third-order valence-electron chi connectivity index (χ3n) is 5.18. The Morgan fingerprint density at radius 1 is 1.06 bits per heavy atom. The van der Waals surface area contributed by atoms with Gasteiger partial charge >= 0.3 is 0 Å². The van der Waals surface area contributed by atoms with Crippen molar-refractivity contribution in [3.05, 3.63) is 72.1 Å². The van der Waals surface area contributed by atoms with Gasteiger partial charge in [-0.25, -0.2) is 26.2 Å². The molecule has 0 radical (unpaired) electrons. The van der Waals surface area contributed by atoms with Crippen LogP contribution < -0.4 is 10.0 Å². The molecule has 0 aliphatic carbocycles. The molecule has 4 rings (SSSR count). The lowest BCUT2D eigenvalue weighted by molar-refractivity contribution is 0.102. The molecule has 1 aromatic heterocycles. The molecule has 0 spiro atoms. The van der Waals surface area contributed by atoms with Crippen molar-refractivity contribution >= 4 is 31.5 Å². The van der Waals surface area contributed by atoms with Crippen LogP contribution in [0.15, 0.2) is 65.7 Å². The van der Waals surface area contributed by atoms with Crippen molar-refractivity contribution < 1.29 is 21.6 Å². The van der Waals surface area contributed by atoms with Crippen molar-refractivity contribution in [2.45, 2.75) is 24.3 Å². The number of rotatable bonds is 6. The lowest BCUT2D eigenvalue weighted by atomic mass is 10.2. The van der Waals surface area contributed by atoms with E-state index in [0.29, 0.717) is 11.3 Å². The van der Waals surface area contributed by atoms with Crippen molar-refractivity contribution in [2.24, 2.45) is 0 Å². The molecule has 9 nitrogen and oxygen atoms in total. The van der Waals surface area contributed by atoms with Crippen LogP contribution in [0.25, 0.3) is 5.69 Å². The van der Waals surface area contributed by atoms with Crippen LogP contribution >= 0.6 is 0 Å². The summed E-state index contributed by atoms with van der Waals surface area (Å²) in [6.07, 6.45) is 1.96. The standard InChI is InChI=1S/C21H22N4O5S2/c1-15-10-12-22-25(15)19-6-2-16(3-7-19)21(26)23-17-4-8-20(9-5-17)32(29,30)24-18-11-13-31(27,28)14-18/h2-10,12,18,24H,11,13-14H2,1H3,(H,23,26). The van der Waals surface area contributed by atoms with Gasteiger partial charge in [-0.15, -0.1) is 0 Å².